The van der Waals surface area contributed by atoms with E-state index in [9.17, 15) is 9.59 Å². The van der Waals surface area contributed by atoms with Gasteiger partial charge in [-0.2, -0.15) is 0 Å². The van der Waals surface area contributed by atoms with Crippen molar-refractivity contribution in [2.75, 3.05) is 44.2 Å². The predicted molar refractivity (Wildman–Crippen MR) is 94.3 cm³/mol. The second-order valence-corrected chi connectivity index (χ2v) is 5.88. The number of fused-ring (bicyclic) bond motifs is 1. The lowest BCUT2D eigenvalue weighted by Crippen LogP contribution is -2.43. The number of nitrogens with one attached hydrogen (secondary N) is 1. The maximum atomic E-state index is 12.1. The molecule has 0 atom stereocenters. The molecule has 1 N–H and O–H groups in total. The van der Waals surface area contributed by atoms with Crippen LogP contribution in [-0.4, -0.2) is 56.0 Å². The zero-order valence-corrected chi connectivity index (χ0v) is 14.6. The van der Waals surface area contributed by atoms with Crippen LogP contribution in [0.1, 0.15) is 26.7 Å². The van der Waals surface area contributed by atoms with E-state index in [1.165, 1.54) is 0 Å². The lowest BCUT2D eigenvalue weighted by molar-refractivity contribution is -0.133. The summed E-state index contributed by atoms with van der Waals surface area (Å²) in [6, 6.07) is 7.28. The average Bonchev–Trinajstić information content (AvgIpc) is 2.58. The highest BCUT2D eigenvalue weighted by molar-refractivity contribution is 5.89. The number of carbonyl (C=O) groups is 2. The third-order valence-corrected chi connectivity index (χ3v) is 4.20. The molecule has 24 heavy (non-hydrogen) atoms. The summed E-state index contributed by atoms with van der Waals surface area (Å²) in [5, 5.41) is 2.93. The monoisotopic (exact) mass is 333 g/mol. The van der Waals surface area contributed by atoms with E-state index in [0.717, 1.165) is 38.2 Å². The van der Waals surface area contributed by atoms with Gasteiger partial charge in [0.05, 0.1) is 12.2 Å². The molecule has 0 aromatic heterocycles. The molecule has 0 bridgehead atoms. The van der Waals surface area contributed by atoms with Gasteiger partial charge < -0.3 is 19.9 Å². The van der Waals surface area contributed by atoms with Crippen molar-refractivity contribution in [2.24, 2.45) is 0 Å². The number of amides is 1. The number of hydrogen-bond acceptors (Lipinski definition) is 5. The predicted octanol–water partition coefficient (Wildman–Crippen LogP) is 1.65. The van der Waals surface area contributed by atoms with Gasteiger partial charge in [0.1, 0.15) is 6.54 Å². The van der Waals surface area contributed by atoms with Gasteiger partial charge in [-0.05, 0) is 44.6 Å². The first-order chi connectivity index (χ1) is 11.6. The number of ether oxygens (including phenoxy) is 1. The Labute approximate surface area is 143 Å². The standard InChI is InChI=1S/C18H27N3O3/c1-3-20(4-2)12-8-7-11-19-17(22)13-21-14-18(23)24-16-10-6-5-9-15(16)21/h5-6,9-10H,3-4,7-8,11-14H2,1-2H3,(H,19,22). The largest absolute Gasteiger partial charge is 0.423 e. The quantitative estimate of drug-likeness (QED) is 0.423. The molecule has 1 heterocycles. The van der Waals surface area contributed by atoms with Gasteiger partial charge in [-0.1, -0.05) is 26.0 Å². The van der Waals surface area contributed by atoms with E-state index in [1.807, 2.05) is 18.2 Å². The molecule has 0 fully saturated rings. The number of rotatable bonds is 9. The molecule has 1 aromatic rings. The normalized spacial score (nSPS) is 13.6. The summed E-state index contributed by atoms with van der Waals surface area (Å²) in [4.78, 5) is 27.9. The van der Waals surface area contributed by atoms with Crippen LogP contribution >= 0.6 is 0 Å². The molecule has 0 aliphatic carbocycles. The summed E-state index contributed by atoms with van der Waals surface area (Å²) in [6.45, 7) is 8.45. The summed E-state index contributed by atoms with van der Waals surface area (Å²) in [5.74, 6) is 0.115. The Hall–Kier alpha value is -2.08. The van der Waals surface area contributed by atoms with Gasteiger partial charge in [0, 0.05) is 6.54 Å². The maximum Gasteiger partial charge on any atom is 0.331 e. The van der Waals surface area contributed by atoms with Gasteiger partial charge in [0.25, 0.3) is 0 Å². The van der Waals surface area contributed by atoms with Crippen molar-refractivity contribution in [3.05, 3.63) is 24.3 Å². The van der Waals surface area contributed by atoms with Crippen LogP contribution in [0.4, 0.5) is 5.69 Å². The zero-order chi connectivity index (χ0) is 17.4. The highest BCUT2D eigenvalue weighted by Gasteiger charge is 2.24. The Morgan fingerprint density at radius 1 is 1.25 bits per heavy atom. The average molecular weight is 333 g/mol. The van der Waals surface area contributed by atoms with Crippen molar-refractivity contribution in [1.29, 1.82) is 0 Å². The molecule has 132 valence electrons. The molecule has 1 aliphatic rings. The third kappa shape index (κ3) is 5.23. The van der Waals surface area contributed by atoms with E-state index >= 15 is 0 Å². The van der Waals surface area contributed by atoms with Crippen molar-refractivity contribution in [3.8, 4) is 5.75 Å². The summed E-state index contributed by atoms with van der Waals surface area (Å²) >= 11 is 0. The smallest absolute Gasteiger partial charge is 0.331 e. The van der Waals surface area contributed by atoms with Gasteiger partial charge in [0.15, 0.2) is 5.75 Å². The number of esters is 1. The fraction of sp³-hybridized carbons (Fsp3) is 0.556. The fourth-order valence-corrected chi connectivity index (χ4v) is 2.80. The zero-order valence-electron chi connectivity index (χ0n) is 14.6. The Morgan fingerprint density at radius 3 is 2.75 bits per heavy atom. The Balaban J connectivity index is 1.74. The molecule has 0 radical (unpaired) electrons. The first-order valence-electron chi connectivity index (χ1n) is 8.67. The highest BCUT2D eigenvalue weighted by Crippen LogP contribution is 2.30. The SMILES string of the molecule is CCN(CC)CCCCNC(=O)CN1CC(=O)Oc2ccccc21. The lowest BCUT2D eigenvalue weighted by atomic mass is 10.2. The Morgan fingerprint density at radius 2 is 2.00 bits per heavy atom. The van der Waals surface area contributed by atoms with Crippen LogP contribution in [0.15, 0.2) is 24.3 Å². The third-order valence-electron chi connectivity index (χ3n) is 4.20. The number of benzene rings is 1. The lowest BCUT2D eigenvalue weighted by Gasteiger charge is -2.29. The number of anilines is 1. The molecule has 0 saturated carbocycles. The first kappa shape index (κ1) is 18.3. The number of para-hydroxylation sites is 2. The van der Waals surface area contributed by atoms with Gasteiger partial charge in [-0.15, -0.1) is 0 Å². The number of unbranched alkanes of at least 4 members (excludes halogenated alkanes) is 1. The number of hydrogen-bond donors (Lipinski definition) is 1. The fourth-order valence-electron chi connectivity index (χ4n) is 2.80. The molecule has 1 amide bonds. The van der Waals surface area contributed by atoms with Crippen molar-refractivity contribution in [1.82, 2.24) is 10.2 Å². The van der Waals surface area contributed by atoms with Crippen molar-refractivity contribution in [3.63, 3.8) is 0 Å². The van der Waals surface area contributed by atoms with Crippen LogP contribution in [0.3, 0.4) is 0 Å². The van der Waals surface area contributed by atoms with Crippen molar-refractivity contribution < 1.29 is 14.3 Å². The van der Waals surface area contributed by atoms with E-state index in [4.69, 9.17) is 4.74 Å². The van der Waals surface area contributed by atoms with Crippen LogP contribution in [0.5, 0.6) is 5.75 Å². The van der Waals surface area contributed by atoms with E-state index in [-0.39, 0.29) is 25.0 Å². The van der Waals surface area contributed by atoms with Crippen LogP contribution < -0.4 is 15.0 Å². The molecular weight excluding hydrogens is 306 g/mol. The topological polar surface area (TPSA) is 61.9 Å². The second kappa shape index (κ2) is 9.27. The van der Waals surface area contributed by atoms with Crippen LogP contribution in [0, 0.1) is 0 Å². The molecule has 6 nitrogen and oxygen atoms in total. The summed E-state index contributed by atoms with van der Waals surface area (Å²) in [6.07, 6.45) is 2.03. The summed E-state index contributed by atoms with van der Waals surface area (Å²) < 4.78 is 5.18. The van der Waals surface area contributed by atoms with Gasteiger partial charge in [-0.3, -0.25) is 4.79 Å². The maximum absolute atomic E-state index is 12.1. The van der Waals surface area contributed by atoms with E-state index in [2.05, 4.69) is 24.1 Å². The van der Waals surface area contributed by atoms with E-state index in [0.29, 0.717) is 12.3 Å². The summed E-state index contributed by atoms with van der Waals surface area (Å²) in [5.41, 5.74) is 0.786. The molecule has 6 heteroatoms. The van der Waals surface area contributed by atoms with Gasteiger partial charge in [0.2, 0.25) is 5.91 Å². The van der Waals surface area contributed by atoms with Crippen molar-refractivity contribution in [2.45, 2.75) is 26.7 Å². The van der Waals surface area contributed by atoms with Crippen LogP contribution in [0.2, 0.25) is 0 Å². The van der Waals surface area contributed by atoms with E-state index in [1.54, 1.807) is 11.0 Å². The molecular formula is C18H27N3O3. The Bertz CT molecular complexity index is 558. The summed E-state index contributed by atoms with van der Waals surface area (Å²) in [7, 11) is 0. The molecule has 2 rings (SSSR count). The minimum Gasteiger partial charge on any atom is -0.423 e. The second-order valence-electron chi connectivity index (χ2n) is 5.88. The molecule has 1 aliphatic heterocycles. The molecule has 0 unspecified atom stereocenters. The molecule has 0 saturated heterocycles. The first-order valence-corrected chi connectivity index (χ1v) is 8.67. The molecule has 0 spiro atoms. The van der Waals surface area contributed by atoms with E-state index < -0.39 is 0 Å². The number of nitrogens with zero attached hydrogens (tertiary/aromatic N) is 2. The van der Waals surface area contributed by atoms with Crippen LogP contribution in [-0.2, 0) is 9.59 Å². The number of carbonyl (C=O) groups excluding carboxylic acids is 2. The van der Waals surface area contributed by atoms with Gasteiger partial charge >= 0.3 is 5.97 Å². The van der Waals surface area contributed by atoms with Crippen molar-refractivity contribution >= 4 is 17.6 Å². The van der Waals surface area contributed by atoms with Crippen LogP contribution in [0.25, 0.3) is 0 Å². The molecule has 1 aromatic carbocycles. The minimum atomic E-state index is -0.333. The highest BCUT2D eigenvalue weighted by atomic mass is 16.5. The Kier molecular flexibility index (Phi) is 7.06. The van der Waals surface area contributed by atoms with Gasteiger partial charge in [-0.25, -0.2) is 4.79 Å². The minimum absolute atomic E-state index is 0.0673.